The predicted octanol–water partition coefficient (Wildman–Crippen LogP) is 3.88. The Morgan fingerprint density at radius 1 is 0.867 bits per heavy atom. The van der Waals surface area contributed by atoms with Crippen molar-refractivity contribution in [1.82, 2.24) is 0 Å². The fraction of sp³-hybridized carbons (Fsp3) is 0.273. The molecular formula is C22H25O5PS2. The highest BCUT2D eigenvalue weighted by atomic mass is 32.2. The molecule has 0 saturated heterocycles. The van der Waals surface area contributed by atoms with E-state index in [0.29, 0.717) is 16.8 Å². The van der Waals surface area contributed by atoms with Gasteiger partial charge in [0.05, 0.1) is 20.8 Å². The van der Waals surface area contributed by atoms with Gasteiger partial charge in [-0.3, -0.25) is 4.18 Å². The fourth-order valence-electron chi connectivity index (χ4n) is 2.94. The molecule has 0 atom stereocenters. The van der Waals surface area contributed by atoms with E-state index in [-0.39, 0.29) is 17.4 Å². The normalized spacial score (nSPS) is 11.8. The van der Waals surface area contributed by atoms with Crippen molar-refractivity contribution in [3.8, 4) is 11.5 Å². The van der Waals surface area contributed by atoms with Gasteiger partial charge in [0, 0.05) is 26.7 Å². The summed E-state index contributed by atoms with van der Waals surface area (Å²) in [6.07, 6.45) is 0. The van der Waals surface area contributed by atoms with Crippen LogP contribution in [0, 0.1) is 5.92 Å². The molecule has 0 aliphatic carbocycles. The first-order chi connectivity index (χ1) is 14.4. The first kappa shape index (κ1) is 22.8. The van der Waals surface area contributed by atoms with E-state index >= 15 is 0 Å². The van der Waals surface area contributed by atoms with E-state index in [2.05, 4.69) is 0 Å². The van der Waals surface area contributed by atoms with E-state index in [1.54, 1.807) is 19.6 Å². The third-order valence-corrected chi connectivity index (χ3v) is 9.42. The average molecular weight is 465 g/mol. The molecule has 1 heterocycles. The Hall–Kier alpha value is -1.92. The van der Waals surface area contributed by atoms with E-state index in [1.807, 2.05) is 67.8 Å². The lowest BCUT2D eigenvalue weighted by atomic mass is 10.2. The van der Waals surface area contributed by atoms with E-state index in [1.165, 1.54) is 11.3 Å². The van der Waals surface area contributed by atoms with Gasteiger partial charge in [0.2, 0.25) is 0 Å². The van der Waals surface area contributed by atoms with Crippen LogP contribution >= 0.6 is 19.3 Å². The summed E-state index contributed by atoms with van der Waals surface area (Å²) in [6.45, 7) is 3.97. The highest BCUT2D eigenvalue weighted by Gasteiger charge is 2.31. The maximum atomic E-state index is 13.0. The highest BCUT2D eigenvalue weighted by molar-refractivity contribution is 7.89. The van der Waals surface area contributed by atoms with Gasteiger partial charge in [-0.25, -0.2) is 0 Å². The van der Waals surface area contributed by atoms with Crippen LogP contribution in [0.15, 0.2) is 64.2 Å². The predicted molar refractivity (Wildman–Crippen MR) is 124 cm³/mol. The van der Waals surface area contributed by atoms with Gasteiger partial charge < -0.3 is 9.47 Å². The number of hydrogen-bond donors (Lipinski definition) is 0. The van der Waals surface area contributed by atoms with Crippen molar-refractivity contribution in [3.05, 3.63) is 59.3 Å². The zero-order chi connectivity index (χ0) is 21.7. The summed E-state index contributed by atoms with van der Waals surface area (Å²) >= 11 is 1.35. The summed E-state index contributed by atoms with van der Waals surface area (Å²) in [5.41, 5.74) is 0. The van der Waals surface area contributed by atoms with Crippen LogP contribution < -0.4 is 25.4 Å². The molecule has 0 N–H and O–H groups in total. The Morgan fingerprint density at radius 2 is 1.40 bits per heavy atom. The lowest BCUT2D eigenvalue weighted by Crippen LogP contribution is -2.26. The topological polar surface area (TPSA) is 61.8 Å². The lowest BCUT2D eigenvalue weighted by Gasteiger charge is -2.23. The molecule has 0 aliphatic rings. The van der Waals surface area contributed by atoms with E-state index in [0.717, 1.165) is 10.6 Å². The van der Waals surface area contributed by atoms with Crippen LogP contribution in [0.3, 0.4) is 0 Å². The summed E-state index contributed by atoms with van der Waals surface area (Å²) in [5.74, 6) is 1.51. The van der Waals surface area contributed by atoms with Crippen molar-refractivity contribution < 1.29 is 22.1 Å². The zero-order valence-corrected chi connectivity index (χ0v) is 19.9. The molecule has 0 unspecified atom stereocenters. The first-order valence-corrected chi connectivity index (χ1v) is 13.1. The quantitative estimate of drug-likeness (QED) is 0.355. The second-order valence-corrected chi connectivity index (χ2v) is 11.4. The summed E-state index contributed by atoms with van der Waals surface area (Å²) in [6, 6.07) is 15.4. The fourth-order valence-corrected chi connectivity index (χ4v) is 8.72. The molecule has 8 heteroatoms. The van der Waals surface area contributed by atoms with Crippen LogP contribution in [0.4, 0.5) is 0 Å². The number of ether oxygens (including phenoxy) is 2. The monoisotopic (exact) mass is 464 g/mol. The number of rotatable bonds is 9. The third-order valence-electron chi connectivity index (χ3n) is 4.33. The largest absolute Gasteiger partial charge is 0.496 e. The molecule has 0 spiro atoms. The molecule has 2 aromatic carbocycles. The number of methoxy groups -OCH3 is 2. The molecule has 0 amide bonds. The zero-order valence-electron chi connectivity index (χ0n) is 17.4. The minimum Gasteiger partial charge on any atom is -0.496 e. The molecule has 0 bridgehead atoms. The molecule has 5 nitrogen and oxygen atoms in total. The van der Waals surface area contributed by atoms with Crippen molar-refractivity contribution >= 4 is 45.3 Å². The van der Waals surface area contributed by atoms with Crippen molar-refractivity contribution in [1.29, 1.82) is 0 Å². The van der Waals surface area contributed by atoms with Gasteiger partial charge in [0.25, 0.3) is 10.1 Å². The van der Waals surface area contributed by atoms with Crippen molar-refractivity contribution in [3.63, 3.8) is 0 Å². The van der Waals surface area contributed by atoms with Gasteiger partial charge in [0.1, 0.15) is 16.4 Å². The van der Waals surface area contributed by atoms with Gasteiger partial charge in [-0.05, 0) is 26.0 Å². The van der Waals surface area contributed by atoms with Gasteiger partial charge in [-0.15, -0.1) is 0 Å². The summed E-state index contributed by atoms with van der Waals surface area (Å²) in [7, 11) is -1.94. The average Bonchev–Trinajstić information content (AvgIpc) is 3.24. The number of thiophene rings is 1. The Bertz CT molecular complexity index is 1040. The number of benzene rings is 2. The summed E-state index contributed by atoms with van der Waals surface area (Å²) in [4.78, 5) is 0.205. The van der Waals surface area contributed by atoms with Crippen LogP contribution in [-0.4, -0.2) is 29.2 Å². The second kappa shape index (κ2) is 9.92. The van der Waals surface area contributed by atoms with E-state index in [9.17, 15) is 8.42 Å². The van der Waals surface area contributed by atoms with Crippen molar-refractivity contribution in [2.24, 2.45) is 5.92 Å². The van der Waals surface area contributed by atoms with Gasteiger partial charge in [-0.1, -0.05) is 50.2 Å². The molecule has 160 valence electrons. The van der Waals surface area contributed by atoms with Crippen molar-refractivity contribution in [2.75, 3.05) is 20.8 Å². The molecule has 3 rings (SSSR count). The minimum absolute atomic E-state index is 0.104. The third kappa shape index (κ3) is 4.86. The Balaban J connectivity index is 2.22. The lowest BCUT2D eigenvalue weighted by molar-refractivity contribution is 0.275. The van der Waals surface area contributed by atoms with Gasteiger partial charge in [-0.2, -0.15) is 19.8 Å². The number of hydrogen-bond acceptors (Lipinski definition) is 6. The standard InChI is InChI=1S/C22H25O5PS2/c1-16(2)13-27-30(23,24)22-15-29-14-21(22)28(19-11-7-5-9-17(19)25-3)20-12-8-6-10-18(20)26-4/h5-12,14-16H,13H2,1-4H3. The van der Waals surface area contributed by atoms with Crippen LogP contribution in [0.1, 0.15) is 13.8 Å². The minimum atomic E-state index is -3.90. The van der Waals surface area contributed by atoms with Crippen LogP contribution in [-0.2, 0) is 14.3 Å². The molecule has 30 heavy (non-hydrogen) atoms. The maximum Gasteiger partial charge on any atom is 0.298 e. The van der Waals surface area contributed by atoms with Crippen LogP contribution in [0.25, 0.3) is 0 Å². The summed E-state index contributed by atoms with van der Waals surface area (Å²) in [5, 5.41) is 6.06. The SMILES string of the molecule is COc1ccccc1P(c1ccccc1OC)c1cscc1S(=O)(=O)OCC(C)C. The van der Waals surface area contributed by atoms with E-state index < -0.39 is 18.0 Å². The highest BCUT2D eigenvalue weighted by Crippen LogP contribution is 2.42. The van der Waals surface area contributed by atoms with E-state index in [4.69, 9.17) is 13.7 Å². The second-order valence-electron chi connectivity index (χ2n) is 6.93. The molecule has 0 fully saturated rings. The molecular weight excluding hydrogens is 439 g/mol. The molecule has 0 aliphatic heterocycles. The van der Waals surface area contributed by atoms with Crippen LogP contribution in [0.2, 0.25) is 0 Å². The van der Waals surface area contributed by atoms with Crippen LogP contribution in [0.5, 0.6) is 11.5 Å². The summed E-state index contributed by atoms with van der Waals surface area (Å²) < 4.78 is 42.6. The number of para-hydroxylation sites is 2. The molecule has 0 radical (unpaired) electrons. The Labute approximate surface area is 183 Å². The first-order valence-electron chi connectivity index (χ1n) is 9.40. The smallest absolute Gasteiger partial charge is 0.298 e. The van der Waals surface area contributed by atoms with Crippen molar-refractivity contribution in [2.45, 2.75) is 18.7 Å². The Kier molecular flexibility index (Phi) is 7.53. The molecule has 0 saturated carbocycles. The van der Waals surface area contributed by atoms with Gasteiger partial charge >= 0.3 is 0 Å². The maximum absolute atomic E-state index is 13.0. The molecule has 3 aromatic rings. The Morgan fingerprint density at radius 3 is 1.90 bits per heavy atom. The molecule has 1 aromatic heterocycles. The van der Waals surface area contributed by atoms with Gasteiger partial charge in [0.15, 0.2) is 0 Å².